The lowest BCUT2D eigenvalue weighted by Gasteiger charge is -2.34. The van der Waals surface area contributed by atoms with Crippen LogP contribution < -0.4 is 0 Å². The summed E-state index contributed by atoms with van der Waals surface area (Å²) in [4.78, 5) is 28.1. The van der Waals surface area contributed by atoms with Gasteiger partial charge in [0.25, 0.3) is 11.8 Å². The van der Waals surface area contributed by atoms with Crippen LogP contribution in [0.1, 0.15) is 26.4 Å². The standard InChI is InChI=1S/C22H17F4N3O3/c23-17-8-4-2-6-15(17)19-13-18(27-32-19)21(31)29-11-9-28(10-12-29)20(30)14-5-1-3-7-16(14)22(24,25)26/h1-8,13H,9-12H2. The van der Waals surface area contributed by atoms with Crippen molar-refractivity contribution in [3.8, 4) is 11.3 Å². The average Bonchev–Trinajstić information content (AvgIpc) is 3.28. The zero-order chi connectivity index (χ0) is 22.9. The number of hydrogen-bond acceptors (Lipinski definition) is 4. The summed E-state index contributed by atoms with van der Waals surface area (Å²) in [7, 11) is 0. The summed E-state index contributed by atoms with van der Waals surface area (Å²) in [6.45, 7) is 0.352. The van der Waals surface area contributed by atoms with Crippen LogP contribution in [0, 0.1) is 5.82 Å². The van der Waals surface area contributed by atoms with Crippen molar-refractivity contribution in [2.75, 3.05) is 26.2 Å². The normalized spacial score (nSPS) is 14.5. The number of rotatable bonds is 3. The van der Waals surface area contributed by atoms with Crippen molar-refractivity contribution >= 4 is 11.8 Å². The lowest BCUT2D eigenvalue weighted by molar-refractivity contribution is -0.138. The van der Waals surface area contributed by atoms with E-state index in [4.69, 9.17) is 4.52 Å². The van der Waals surface area contributed by atoms with Crippen LogP contribution in [0.15, 0.2) is 59.1 Å². The van der Waals surface area contributed by atoms with Gasteiger partial charge >= 0.3 is 6.18 Å². The van der Waals surface area contributed by atoms with Gasteiger partial charge in [0.15, 0.2) is 11.5 Å². The topological polar surface area (TPSA) is 66.7 Å². The van der Waals surface area contributed by atoms with E-state index in [0.717, 1.165) is 12.1 Å². The Balaban J connectivity index is 1.43. The quantitative estimate of drug-likeness (QED) is 0.567. The molecule has 4 rings (SSSR count). The van der Waals surface area contributed by atoms with E-state index in [0.29, 0.717) is 0 Å². The fraction of sp³-hybridized carbons (Fsp3) is 0.227. The highest BCUT2D eigenvalue weighted by molar-refractivity contribution is 5.96. The highest BCUT2D eigenvalue weighted by Gasteiger charge is 2.36. The van der Waals surface area contributed by atoms with Gasteiger partial charge in [-0.2, -0.15) is 13.2 Å². The van der Waals surface area contributed by atoms with Gasteiger partial charge in [0.2, 0.25) is 0 Å². The molecule has 0 atom stereocenters. The van der Waals surface area contributed by atoms with E-state index in [2.05, 4.69) is 5.16 Å². The van der Waals surface area contributed by atoms with Gasteiger partial charge in [-0.1, -0.05) is 29.4 Å². The number of alkyl halides is 3. The molecule has 0 spiro atoms. The van der Waals surface area contributed by atoms with Gasteiger partial charge in [-0.15, -0.1) is 0 Å². The molecular formula is C22H17F4N3O3. The zero-order valence-corrected chi connectivity index (χ0v) is 16.6. The van der Waals surface area contributed by atoms with Gasteiger partial charge in [-0.05, 0) is 24.3 Å². The van der Waals surface area contributed by atoms with Crippen LogP contribution in [0.2, 0.25) is 0 Å². The minimum absolute atomic E-state index is 0.0227. The molecule has 0 unspecified atom stereocenters. The maximum Gasteiger partial charge on any atom is 0.417 e. The van der Waals surface area contributed by atoms with Crippen LogP contribution in [0.5, 0.6) is 0 Å². The van der Waals surface area contributed by atoms with Crippen LogP contribution in [0.25, 0.3) is 11.3 Å². The molecule has 0 N–H and O–H groups in total. The van der Waals surface area contributed by atoms with E-state index in [1.807, 2.05) is 0 Å². The number of carbonyl (C=O) groups excluding carboxylic acids is 2. The summed E-state index contributed by atoms with van der Waals surface area (Å²) < 4.78 is 58.7. The Morgan fingerprint density at radius 3 is 2.12 bits per heavy atom. The van der Waals surface area contributed by atoms with Crippen LogP contribution in [-0.4, -0.2) is 52.9 Å². The third-order valence-corrected chi connectivity index (χ3v) is 5.19. The molecule has 10 heteroatoms. The fourth-order valence-corrected chi connectivity index (χ4v) is 3.53. The van der Waals surface area contributed by atoms with Crippen LogP contribution in [-0.2, 0) is 6.18 Å². The molecule has 1 aliphatic heterocycles. The molecule has 1 saturated heterocycles. The smallest absolute Gasteiger partial charge is 0.355 e. The second-order valence-corrected chi connectivity index (χ2v) is 7.18. The van der Waals surface area contributed by atoms with Gasteiger partial charge in [-0.3, -0.25) is 9.59 Å². The van der Waals surface area contributed by atoms with Crippen molar-refractivity contribution in [1.29, 1.82) is 0 Å². The second-order valence-electron chi connectivity index (χ2n) is 7.18. The first-order valence-electron chi connectivity index (χ1n) is 9.72. The van der Waals surface area contributed by atoms with E-state index in [1.165, 1.54) is 46.2 Å². The summed E-state index contributed by atoms with van der Waals surface area (Å²) in [5, 5.41) is 3.71. The molecule has 1 aromatic heterocycles. The molecule has 0 saturated carbocycles. The molecule has 3 aromatic rings. The van der Waals surface area contributed by atoms with Crippen molar-refractivity contribution in [3.63, 3.8) is 0 Å². The molecule has 2 amide bonds. The Kier molecular flexibility index (Phi) is 5.68. The van der Waals surface area contributed by atoms with E-state index in [1.54, 1.807) is 6.07 Å². The highest BCUT2D eigenvalue weighted by atomic mass is 19.4. The minimum Gasteiger partial charge on any atom is -0.355 e. The molecule has 1 aliphatic rings. The Morgan fingerprint density at radius 2 is 1.47 bits per heavy atom. The zero-order valence-electron chi connectivity index (χ0n) is 16.6. The lowest BCUT2D eigenvalue weighted by atomic mass is 10.1. The number of aromatic nitrogens is 1. The summed E-state index contributed by atoms with van der Waals surface area (Å²) in [5.74, 6) is -1.63. The third kappa shape index (κ3) is 4.20. The predicted octanol–water partition coefficient (Wildman–Crippen LogP) is 4.10. The molecule has 6 nitrogen and oxygen atoms in total. The molecule has 32 heavy (non-hydrogen) atoms. The molecule has 0 bridgehead atoms. The van der Waals surface area contributed by atoms with E-state index >= 15 is 0 Å². The van der Waals surface area contributed by atoms with Crippen molar-refractivity contribution in [3.05, 3.63) is 77.2 Å². The third-order valence-electron chi connectivity index (χ3n) is 5.19. The fourth-order valence-electron chi connectivity index (χ4n) is 3.53. The summed E-state index contributed by atoms with van der Waals surface area (Å²) >= 11 is 0. The summed E-state index contributed by atoms with van der Waals surface area (Å²) in [6.07, 6.45) is -4.65. The minimum atomic E-state index is -4.65. The Hall–Kier alpha value is -3.69. The Bertz CT molecular complexity index is 1150. The van der Waals surface area contributed by atoms with E-state index in [-0.39, 0.29) is 43.2 Å². The number of carbonyl (C=O) groups is 2. The molecule has 0 aliphatic carbocycles. The first-order chi connectivity index (χ1) is 15.3. The largest absolute Gasteiger partial charge is 0.417 e. The highest BCUT2D eigenvalue weighted by Crippen LogP contribution is 2.32. The van der Waals surface area contributed by atoms with Gasteiger partial charge in [0, 0.05) is 32.2 Å². The van der Waals surface area contributed by atoms with Crippen LogP contribution >= 0.6 is 0 Å². The summed E-state index contributed by atoms with van der Waals surface area (Å²) in [5.41, 5.74) is -1.28. The van der Waals surface area contributed by atoms with Crippen molar-refractivity contribution < 1.29 is 31.7 Å². The van der Waals surface area contributed by atoms with Crippen molar-refractivity contribution in [1.82, 2.24) is 15.0 Å². The van der Waals surface area contributed by atoms with E-state index < -0.39 is 34.9 Å². The maximum atomic E-state index is 13.9. The van der Waals surface area contributed by atoms with E-state index in [9.17, 15) is 27.2 Å². The average molecular weight is 447 g/mol. The number of halogens is 4. The molecule has 0 radical (unpaired) electrons. The molecule has 1 fully saturated rings. The number of hydrogen-bond donors (Lipinski definition) is 0. The van der Waals surface area contributed by atoms with Crippen molar-refractivity contribution in [2.45, 2.75) is 6.18 Å². The molecule has 166 valence electrons. The monoisotopic (exact) mass is 447 g/mol. The second kappa shape index (κ2) is 8.45. The first kappa shape index (κ1) is 21.5. The summed E-state index contributed by atoms with van der Waals surface area (Å²) in [6, 6.07) is 11.8. The SMILES string of the molecule is O=C(c1cc(-c2ccccc2F)on1)N1CCN(C(=O)c2ccccc2C(F)(F)F)CC1. The Labute approximate surface area is 180 Å². The maximum absolute atomic E-state index is 13.9. The number of amides is 2. The van der Waals surface area contributed by atoms with Crippen molar-refractivity contribution in [2.24, 2.45) is 0 Å². The van der Waals surface area contributed by atoms with Gasteiger partial charge in [-0.25, -0.2) is 4.39 Å². The first-order valence-corrected chi connectivity index (χ1v) is 9.72. The van der Waals surface area contributed by atoms with Gasteiger partial charge in [0.05, 0.1) is 16.7 Å². The van der Waals surface area contributed by atoms with Crippen LogP contribution in [0.4, 0.5) is 17.6 Å². The Morgan fingerprint density at radius 1 is 0.875 bits per heavy atom. The van der Waals surface area contributed by atoms with Crippen LogP contribution in [0.3, 0.4) is 0 Å². The number of benzene rings is 2. The molecule has 2 heterocycles. The molecular weight excluding hydrogens is 430 g/mol. The molecule has 2 aromatic carbocycles. The number of nitrogens with zero attached hydrogens (tertiary/aromatic N) is 3. The predicted molar refractivity (Wildman–Crippen MR) is 105 cm³/mol. The van der Waals surface area contributed by atoms with Gasteiger partial charge in [0.1, 0.15) is 5.82 Å². The lowest BCUT2D eigenvalue weighted by Crippen LogP contribution is -2.50. The number of piperazine rings is 1. The van der Waals surface area contributed by atoms with Gasteiger partial charge < -0.3 is 14.3 Å².